The Bertz CT molecular complexity index is 713. The first-order valence-electron chi connectivity index (χ1n) is 7.80. The Morgan fingerprint density at radius 1 is 0.875 bits per heavy atom. The van der Waals surface area contributed by atoms with Crippen LogP contribution in [-0.2, 0) is 0 Å². The number of halogens is 1. The molecule has 0 bridgehead atoms. The van der Waals surface area contributed by atoms with Crippen LogP contribution in [0.1, 0.15) is 11.1 Å². The van der Waals surface area contributed by atoms with Crippen LogP contribution in [0.2, 0.25) is 5.02 Å². The van der Waals surface area contributed by atoms with Gasteiger partial charge in [0.1, 0.15) is 0 Å². The van der Waals surface area contributed by atoms with Gasteiger partial charge in [0.15, 0.2) is 0 Å². The minimum Gasteiger partial charge on any atom is -0.395 e. The monoisotopic (exact) mass is 347 g/mol. The molecule has 128 valence electrons. The average molecular weight is 348 g/mol. The van der Waals surface area contributed by atoms with E-state index >= 15 is 0 Å². The summed E-state index contributed by atoms with van der Waals surface area (Å²) < 4.78 is 0. The van der Waals surface area contributed by atoms with Crippen molar-refractivity contribution in [1.29, 1.82) is 0 Å². The summed E-state index contributed by atoms with van der Waals surface area (Å²) in [5, 5.41) is 27.5. The Balaban J connectivity index is 2.23. The third kappa shape index (κ3) is 4.77. The Hall–Kier alpha value is -1.95. The first-order chi connectivity index (χ1) is 11.5. The molecule has 0 unspecified atom stereocenters. The summed E-state index contributed by atoms with van der Waals surface area (Å²) >= 11 is 6.00. The van der Waals surface area contributed by atoms with E-state index in [1.165, 1.54) is 0 Å². The molecule has 0 saturated heterocycles. The van der Waals surface area contributed by atoms with Crippen LogP contribution in [0, 0.1) is 13.8 Å². The Morgan fingerprint density at radius 3 is 2.17 bits per heavy atom. The van der Waals surface area contributed by atoms with Gasteiger partial charge in [0, 0.05) is 23.8 Å². The van der Waals surface area contributed by atoms with E-state index in [9.17, 15) is 0 Å². The zero-order valence-corrected chi connectivity index (χ0v) is 14.7. The number of rotatable bonds is 7. The number of hydrogen-bond donors (Lipinski definition) is 2. The smallest absolute Gasteiger partial charge is 0.0901 e. The van der Waals surface area contributed by atoms with Gasteiger partial charge in [-0.3, -0.25) is 0 Å². The normalized spacial score (nSPS) is 11.2. The molecule has 0 aromatic heterocycles. The lowest BCUT2D eigenvalue weighted by atomic mass is 10.1. The van der Waals surface area contributed by atoms with Gasteiger partial charge in [-0.1, -0.05) is 17.7 Å². The summed E-state index contributed by atoms with van der Waals surface area (Å²) in [4.78, 5) is 1.93. The molecule has 0 atom stereocenters. The molecule has 0 heterocycles. The molecule has 0 aliphatic rings. The van der Waals surface area contributed by atoms with E-state index in [1.807, 2.05) is 49.1 Å². The maximum absolute atomic E-state index is 9.14. The van der Waals surface area contributed by atoms with Crippen LogP contribution >= 0.6 is 11.6 Å². The summed E-state index contributed by atoms with van der Waals surface area (Å²) in [5.74, 6) is 0. The summed E-state index contributed by atoms with van der Waals surface area (Å²) in [6.07, 6.45) is 0. The summed E-state index contributed by atoms with van der Waals surface area (Å²) in [5.41, 5.74) is 4.43. The molecule has 2 aromatic rings. The SMILES string of the molecule is Cc1cc(N(CCO)CCO)ccc1N=Nc1cc(Cl)ccc1C. The van der Waals surface area contributed by atoms with Crippen LogP contribution in [0.4, 0.5) is 17.1 Å². The highest BCUT2D eigenvalue weighted by Crippen LogP contribution is 2.28. The lowest BCUT2D eigenvalue weighted by Crippen LogP contribution is -2.29. The van der Waals surface area contributed by atoms with Gasteiger partial charge in [0.25, 0.3) is 0 Å². The fourth-order valence-electron chi connectivity index (χ4n) is 2.36. The van der Waals surface area contributed by atoms with Crippen molar-refractivity contribution >= 4 is 28.7 Å². The van der Waals surface area contributed by atoms with Gasteiger partial charge in [-0.15, -0.1) is 0 Å². The Labute approximate surface area is 147 Å². The maximum atomic E-state index is 9.14. The van der Waals surface area contributed by atoms with Crippen LogP contribution in [0.15, 0.2) is 46.6 Å². The molecule has 2 N–H and O–H groups in total. The number of azo groups is 1. The third-order valence-corrected chi connectivity index (χ3v) is 3.96. The number of aryl methyl sites for hydroxylation is 2. The van der Waals surface area contributed by atoms with Crippen molar-refractivity contribution in [3.05, 3.63) is 52.5 Å². The molecule has 0 aliphatic heterocycles. The van der Waals surface area contributed by atoms with E-state index in [0.29, 0.717) is 18.1 Å². The molecule has 0 spiro atoms. The number of hydrogen-bond acceptors (Lipinski definition) is 5. The van der Waals surface area contributed by atoms with Crippen molar-refractivity contribution in [3.63, 3.8) is 0 Å². The molecule has 0 amide bonds. The van der Waals surface area contributed by atoms with E-state index in [1.54, 1.807) is 6.07 Å². The minimum atomic E-state index is 0.0363. The lowest BCUT2D eigenvalue weighted by Gasteiger charge is -2.23. The molecule has 0 radical (unpaired) electrons. The van der Waals surface area contributed by atoms with Gasteiger partial charge in [0.05, 0.1) is 24.6 Å². The van der Waals surface area contributed by atoms with Gasteiger partial charge in [-0.05, 0) is 55.3 Å². The molecule has 2 aromatic carbocycles. The van der Waals surface area contributed by atoms with E-state index in [2.05, 4.69) is 10.2 Å². The fourth-order valence-corrected chi connectivity index (χ4v) is 2.52. The van der Waals surface area contributed by atoms with Crippen molar-refractivity contribution < 1.29 is 10.2 Å². The molecular formula is C18H22ClN3O2. The van der Waals surface area contributed by atoms with Crippen molar-refractivity contribution in [1.82, 2.24) is 0 Å². The molecule has 24 heavy (non-hydrogen) atoms. The second-order valence-corrected chi connectivity index (χ2v) is 5.97. The topological polar surface area (TPSA) is 68.4 Å². The molecule has 0 fully saturated rings. The molecule has 5 nitrogen and oxygen atoms in total. The predicted molar refractivity (Wildman–Crippen MR) is 97.9 cm³/mol. The number of anilines is 1. The van der Waals surface area contributed by atoms with E-state index in [4.69, 9.17) is 21.8 Å². The molecule has 6 heteroatoms. The highest BCUT2D eigenvalue weighted by molar-refractivity contribution is 6.30. The van der Waals surface area contributed by atoms with Crippen molar-refractivity contribution in [2.24, 2.45) is 10.2 Å². The Kier molecular flexibility index (Phi) is 6.73. The first-order valence-corrected chi connectivity index (χ1v) is 8.18. The van der Waals surface area contributed by atoms with Crippen molar-refractivity contribution in [2.45, 2.75) is 13.8 Å². The fraction of sp³-hybridized carbons (Fsp3) is 0.333. The number of nitrogens with zero attached hydrogens (tertiary/aromatic N) is 3. The number of benzene rings is 2. The minimum absolute atomic E-state index is 0.0363. The highest BCUT2D eigenvalue weighted by atomic mass is 35.5. The second kappa shape index (κ2) is 8.78. The number of aliphatic hydroxyl groups excluding tert-OH is 2. The van der Waals surface area contributed by atoms with Gasteiger partial charge in [-0.2, -0.15) is 10.2 Å². The zero-order valence-electron chi connectivity index (χ0n) is 13.9. The van der Waals surface area contributed by atoms with Crippen LogP contribution in [-0.4, -0.2) is 36.5 Å². The van der Waals surface area contributed by atoms with Crippen LogP contribution in [0.5, 0.6) is 0 Å². The van der Waals surface area contributed by atoms with Gasteiger partial charge >= 0.3 is 0 Å². The van der Waals surface area contributed by atoms with Crippen molar-refractivity contribution in [2.75, 3.05) is 31.2 Å². The predicted octanol–water partition coefficient (Wildman–Crippen LogP) is 4.16. The maximum Gasteiger partial charge on any atom is 0.0901 e. The second-order valence-electron chi connectivity index (χ2n) is 5.54. The highest BCUT2D eigenvalue weighted by Gasteiger charge is 2.07. The van der Waals surface area contributed by atoms with Gasteiger partial charge in [0.2, 0.25) is 0 Å². The van der Waals surface area contributed by atoms with Crippen LogP contribution < -0.4 is 4.90 Å². The standard InChI is InChI=1S/C18H22ClN3O2/c1-13-3-4-15(19)12-18(13)21-20-17-6-5-16(11-14(17)2)22(7-9-23)8-10-24/h3-6,11-12,23-24H,7-10H2,1-2H3. The number of aliphatic hydroxyl groups is 2. The van der Waals surface area contributed by atoms with E-state index in [0.717, 1.165) is 28.2 Å². The molecule has 2 rings (SSSR count). The van der Waals surface area contributed by atoms with Crippen LogP contribution in [0.3, 0.4) is 0 Å². The Morgan fingerprint density at radius 2 is 1.54 bits per heavy atom. The van der Waals surface area contributed by atoms with E-state index < -0.39 is 0 Å². The molecule has 0 aliphatic carbocycles. The first kappa shape index (κ1) is 18.4. The summed E-state index contributed by atoms with van der Waals surface area (Å²) in [6.45, 7) is 4.94. The lowest BCUT2D eigenvalue weighted by molar-refractivity contribution is 0.281. The molecular weight excluding hydrogens is 326 g/mol. The summed E-state index contributed by atoms with van der Waals surface area (Å²) in [7, 11) is 0. The summed E-state index contributed by atoms with van der Waals surface area (Å²) in [6, 6.07) is 11.3. The van der Waals surface area contributed by atoms with Crippen LogP contribution in [0.25, 0.3) is 0 Å². The van der Waals surface area contributed by atoms with Crippen molar-refractivity contribution in [3.8, 4) is 0 Å². The molecule has 0 saturated carbocycles. The largest absolute Gasteiger partial charge is 0.395 e. The third-order valence-electron chi connectivity index (χ3n) is 3.72. The quantitative estimate of drug-likeness (QED) is 0.739. The van der Waals surface area contributed by atoms with E-state index in [-0.39, 0.29) is 13.2 Å². The van der Waals surface area contributed by atoms with Gasteiger partial charge < -0.3 is 15.1 Å². The zero-order chi connectivity index (χ0) is 17.5. The average Bonchev–Trinajstić information content (AvgIpc) is 2.56. The van der Waals surface area contributed by atoms with Gasteiger partial charge in [-0.25, -0.2) is 0 Å².